The Morgan fingerprint density at radius 1 is 1.33 bits per heavy atom. The minimum atomic E-state index is -0.696. The highest BCUT2D eigenvalue weighted by Crippen LogP contribution is 2.38. The number of likely N-dealkylation sites (tertiary alicyclic amines) is 1. The predicted octanol–water partition coefficient (Wildman–Crippen LogP) is 2.65. The van der Waals surface area contributed by atoms with Gasteiger partial charge in [0.2, 0.25) is 0 Å². The van der Waals surface area contributed by atoms with Crippen LogP contribution in [0.25, 0.3) is 0 Å². The number of piperidine rings is 1. The van der Waals surface area contributed by atoms with E-state index in [4.69, 9.17) is 26.2 Å². The molecule has 1 aliphatic rings. The van der Waals surface area contributed by atoms with Gasteiger partial charge < -0.3 is 14.6 Å². The Hall–Kier alpha value is -1.46. The van der Waals surface area contributed by atoms with E-state index in [1.54, 1.807) is 14.2 Å². The summed E-state index contributed by atoms with van der Waals surface area (Å²) in [5.74, 6) is 0.230. The first-order valence-corrected chi connectivity index (χ1v) is 7.29. The summed E-state index contributed by atoms with van der Waals surface area (Å²) >= 11 is 6.37. The van der Waals surface area contributed by atoms with Crippen LogP contribution >= 0.6 is 11.6 Å². The van der Waals surface area contributed by atoms with Crippen LogP contribution in [0.4, 0.5) is 0 Å². The van der Waals surface area contributed by atoms with Crippen molar-refractivity contribution in [3.05, 3.63) is 22.7 Å². The first-order chi connectivity index (χ1) is 10.1. The zero-order valence-corrected chi connectivity index (χ0v) is 13.0. The van der Waals surface area contributed by atoms with E-state index in [-0.39, 0.29) is 5.92 Å². The lowest BCUT2D eigenvalue weighted by Gasteiger charge is -2.30. The highest BCUT2D eigenvalue weighted by atomic mass is 35.5. The van der Waals surface area contributed by atoms with E-state index in [0.717, 1.165) is 18.7 Å². The molecule has 116 valence electrons. The number of benzene rings is 1. The lowest BCUT2D eigenvalue weighted by Crippen LogP contribution is -2.35. The summed E-state index contributed by atoms with van der Waals surface area (Å²) in [4.78, 5) is 13.2. The molecule has 1 heterocycles. The summed E-state index contributed by atoms with van der Waals surface area (Å²) in [6.45, 7) is 2.22. The molecule has 0 radical (unpaired) electrons. The van der Waals surface area contributed by atoms with Crippen LogP contribution in [0.5, 0.6) is 11.5 Å². The number of ether oxygens (including phenoxy) is 2. The van der Waals surface area contributed by atoms with Gasteiger partial charge >= 0.3 is 5.97 Å². The van der Waals surface area contributed by atoms with E-state index in [0.29, 0.717) is 35.9 Å². The van der Waals surface area contributed by atoms with Gasteiger partial charge in [-0.1, -0.05) is 17.7 Å². The Bertz CT molecular complexity index is 513. The lowest BCUT2D eigenvalue weighted by atomic mass is 9.97. The maximum absolute atomic E-state index is 11.0. The molecule has 0 aliphatic carbocycles. The fourth-order valence-electron chi connectivity index (χ4n) is 2.63. The third kappa shape index (κ3) is 3.60. The molecule has 1 aromatic rings. The van der Waals surface area contributed by atoms with Gasteiger partial charge in [0.25, 0.3) is 0 Å². The number of methoxy groups -OCH3 is 2. The molecule has 21 heavy (non-hydrogen) atoms. The minimum Gasteiger partial charge on any atom is -0.493 e. The molecule has 6 heteroatoms. The third-order valence-corrected chi connectivity index (χ3v) is 4.31. The number of hydrogen-bond acceptors (Lipinski definition) is 4. The average molecular weight is 314 g/mol. The highest BCUT2D eigenvalue weighted by Gasteiger charge is 2.25. The summed E-state index contributed by atoms with van der Waals surface area (Å²) < 4.78 is 10.5. The van der Waals surface area contributed by atoms with Crippen LogP contribution in [0.15, 0.2) is 12.1 Å². The molecule has 1 fully saturated rings. The molecule has 1 N–H and O–H groups in total. The number of aliphatic carboxylic acids is 1. The Kier molecular flexibility index (Phi) is 5.31. The van der Waals surface area contributed by atoms with Crippen LogP contribution in [-0.2, 0) is 11.3 Å². The molecule has 2 rings (SSSR count). The summed E-state index contributed by atoms with van der Waals surface area (Å²) in [5.41, 5.74) is 0.961. The molecule has 0 aromatic heterocycles. The van der Waals surface area contributed by atoms with Crippen molar-refractivity contribution < 1.29 is 19.4 Å². The Labute approximate surface area is 129 Å². The SMILES string of the molecule is COc1ccc(CN2CCC(C(=O)O)CC2)c(Cl)c1OC. The molecule has 0 spiro atoms. The van der Waals surface area contributed by atoms with E-state index >= 15 is 0 Å². The largest absolute Gasteiger partial charge is 0.493 e. The Morgan fingerprint density at radius 3 is 2.52 bits per heavy atom. The van der Waals surface area contributed by atoms with E-state index in [1.807, 2.05) is 12.1 Å². The van der Waals surface area contributed by atoms with Gasteiger partial charge in [-0.3, -0.25) is 9.69 Å². The van der Waals surface area contributed by atoms with Crippen LogP contribution in [0, 0.1) is 5.92 Å². The van der Waals surface area contributed by atoms with Crippen LogP contribution in [0.3, 0.4) is 0 Å². The quantitative estimate of drug-likeness (QED) is 0.905. The monoisotopic (exact) mass is 313 g/mol. The van der Waals surface area contributed by atoms with Crippen molar-refractivity contribution >= 4 is 17.6 Å². The lowest BCUT2D eigenvalue weighted by molar-refractivity contribution is -0.143. The molecule has 0 saturated carbocycles. The molecule has 1 saturated heterocycles. The van der Waals surface area contributed by atoms with Crippen molar-refractivity contribution in [2.45, 2.75) is 19.4 Å². The van der Waals surface area contributed by atoms with Crippen molar-refractivity contribution in [3.8, 4) is 11.5 Å². The van der Waals surface area contributed by atoms with Gasteiger partial charge in [0.1, 0.15) is 0 Å². The van der Waals surface area contributed by atoms with Gasteiger partial charge in [-0.2, -0.15) is 0 Å². The topological polar surface area (TPSA) is 59.0 Å². The van der Waals surface area contributed by atoms with Crippen molar-refractivity contribution in [2.24, 2.45) is 5.92 Å². The molecular formula is C15H20ClNO4. The van der Waals surface area contributed by atoms with Crippen molar-refractivity contribution in [2.75, 3.05) is 27.3 Å². The third-order valence-electron chi connectivity index (χ3n) is 3.90. The molecule has 0 unspecified atom stereocenters. The molecule has 0 amide bonds. The average Bonchev–Trinajstić information content (AvgIpc) is 2.49. The van der Waals surface area contributed by atoms with Crippen LogP contribution in [0.2, 0.25) is 5.02 Å². The first kappa shape index (κ1) is 15.9. The summed E-state index contributed by atoms with van der Waals surface area (Å²) in [6.07, 6.45) is 1.36. The van der Waals surface area contributed by atoms with Crippen molar-refractivity contribution in [1.29, 1.82) is 0 Å². The number of carboxylic acid groups (broad SMARTS) is 1. The summed E-state index contributed by atoms with van der Waals surface area (Å²) in [7, 11) is 3.14. The fourth-order valence-corrected chi connectivity index (χ4v) is 2.92. The van der Waals surface area contributed by atoms with E-state index < -0.39 is 5.97 Å². The summed E-state index contributed by atoms with van der Waals surface area (Å²) in [6, 6.07) is 3.76. The van der Waals surface area contributed by atoms with Gasteiger partial charge in [0.05, 0.1) is 25.2 Å². The number of halogens is 1. The van der Waals surface area contributed by atoms with Gasteiger partial charge in [0.15, 0.2) is 11.5 Å². The fraction of sp³-hybridized carbons (Fsp3) is 0.533. The van der Waals surface area contributed by atoms with Crippen LogP contribution in [-0.4, -0.2) is 43.3 Å². The van der Waals surface area contributed by atoms with E-state index in [9.17, 15) is 4.79 Å². The van der Waals surface area contributed by atoms with E-state index in [2.05, 4.69) is 4.90 Å². The second-order valence-electron chi connectivity index (χ2n) is 5.16. The van der Waals surface area contributed by atoms with Gasteiger partial charge in [-0.15, -0.1) is 0 Å². The zero-order chi connectivity index (χ0) is 15.4. The zero-order valence-electron chi connectivity index (χ0n) is 12.3. The maximum Gasteiger partial charge on any atom is 0.306 e. The Morgan fingerprint density at radius 2 is 2.00 bits per heavy atom. The second-order valence-corrected chi connectivity index (χ2v) is 5.54. The maximum atomic E-state index is 11.0. The number of rotatable bonds is 5. The molecule has 0 bridgehead atoms. The number of hydrogen-bond donors (Lipinski definition) is 1. The first-order valence-electron chi connectivity index (χ1n) is 6.91. The highest BCUT2D eigenvalue weighted by molar-refractivity contribution is 6.33. The number of carboxylic acids is 1. The molecule has 0 atom stereocenters. The standard InChI is InChI=1S/C15H20ClNO4/c1-20-12-4-3-11(13(16)14(12)21-2)9-17-7-5-10(6-8-17)15(18)19/h3-4,10H,5-9H2,1-2H3,(H,18,19). The number of carbonyl (C=O) groups is 1. The van der Waals surface area contributed by atoms with Gasteiger partial charge in [0, 0.05) is 6.54 Å². The Balaban J connectivity index is 2.06. The van der Waals surface area contributed by atoms with Crippen LogP contribution in [0.1, 0.15) is 18.4 Å². The van der Waals surface area contributed by atoms with Crippen LogP contribution < -0.4 is 9.47 Å². The van der Waals surface area contributed by atoms with Crippen molar-refractivity contribution in [3.63, 3.8) is 0 Å². The molecule has 5 nitrogen and oxygen atoms in total. The smallest absolute Gasteiger partial charge is 0.306 e. The van der Waals surface area contributed by atoms with Gasteiger partial charge in [-0.25, -0.2) is 0 Å². The predicted molar refractivity (Wildman–Crippen MR) is 80.2 cm³/mol. The van der Waals surface area contributed by atoms with E-state index in [1.165, 1.54) is 0 Å². The van der Waals surface area contributed by atoms with Gasteiger partial charge in [-0.05, 0) is 37.6 Å². The minimum absolute atomic E-state index is 0.220. The normalized spacial score (nSPS) is 16.7. The second kappa shape index (κ2) is 7.00. The summed E-state index contributed by atoms with van der Waals surface area (Å²) in [5, 5.41) is 9.57. The van der Waals surface area contributed by atoms with Crippen molar-refractivity contribution in [1.82, 2.24) is 4.90 Å². The molecule has 1 aliphatic heterocycles. The molecular weight excluding hydrogens is 294 g/mol. The molecule has 1 aromatic carbocycles. The number of nitrogens with zero attached hydrogens (tertiary/aromatic N) is 1.